The molecule has 2 aliphatic carbocycles. The zero-order chi connectivity index (χ0) is 21.6. The maximum atomic E-state index is 11.7. The van der Waals surface area contributed by atoms with Crippen molar-refractivity contribution in [3.63, 3.8) is 0 Å². The van der Waals surface area contributed by atoms with Gasteiger partial charge in [0.2, 0.25) is 10.5 Å². The van der Waals surface area contributed by atoms with E-state index in [-0.39, 0.29) is 17.4 Å². The van der Waals surface area contributed by atoms with E-state index in [9.17, 15) is 10.2 Å². The fourth-order valence-electron chi connectivity index (χ4n) is 6.60. The van der Waals surface area contributed by atoms with Gasteiger partial charge in [-0.05, 0) is 85.5 Å². The highest BCUT2D eigenvalue weighted by molar-refractivity contribution is 6.00. The zero-order valence-corrected chi connectivity index (χ0v) is 21.4. The van der Waals surface area contributed by atoms with Crippen LogP contribution in [-0.4, -0.2) is 32.9 Å². The van der Waals surface area contributed by atoms with Crippen LogP contribution in [0.4, 0.5) is 0 Å². The Hall–Kier alpha value is -1.10. The highest BCUT2D eigenvalue weighted by atomic mass is 28.2. The third-order valence-electron chi connectivity index (χ3n) is 7.96. The summed E-state index contributed by atoms with van der Waals surface area (Å²) in [5.41, 5.74) is 4.64. The van der Waals surface area contributed by atoms with Crippen LogP contribution in [0.5, 0.6) is 5.75 Å². The smallest absolute Gasteiger partial charge is 0.204 e. The maximum absolute atomic E-state index is 11.7. The number of fused-ring (bicyclic) bond motifs is 1. The molecule has 0 spiro atoms. The van der Waals surface area contributed by atoms with Crippen molar-refractivity contribution in [2.45, 2.75) is 90.6 Å². The number of aliphatic hydroxyl groups excluding tert-OH is 1. The summed E-state index contributed by atoms with van der Waals surface area (Å²) in [5, 5.41) is 20.9. The predicted molar refractivity (Wildman–Crippen MR) is 124 cm³/mol. The second-order valence-corrected chi connectivity index (χ2v) is 11.1. The average molecular weight is 417 g/mol. The van der Waals surface area contributed by atoms with Gasteiger partial charge in [-0.2, -0.15) is 0 Å². The van der Waals surface area contributed by atoms with E-state index >= 15 is 0 Å². The number of hydrogen-bond acceptors (Lipinski definition) is 3. The molecule has 0 heterocycles. The summed E-state index contributed by atoms with van der Waals surface area (Å²) in [7, 11) is 0.670. The van der Waals surface area contributed by atoms with Crippen LogP contribution in [0.2, 0.25) is 0 Å². The molecule has 4 heteroatoms. The van der Waals surface area contributed by atoms with Crippen LogP contribution in [0.3, 0.4) is 0 Å². The minimum absolute atomic E-state index is 0.0768. The van der Waals surface area contributed by atoms with E-state index < -0.39 is 5.60 Å². The highest BCUT2D eigenvalue weighted by Gasteiger charge is 2.58. The highest BCUT2D eigenvalue weighted by Crippen LogP contribution is 2.61. The van der Waals surface area contributed by atoms with E-state index in [1.807, 2.05) is 6.08 Å². The third-order valence-corrected chi connectivity index (χ3v) is 8.37. The number of hydrogen-bond donors (Lipinski definition) is 2. The Labute approximate surface area is 180 Å². The topological polar surface area (TPSA) is 49.7 Å². The van der Waals surface area contributed by atoms with Crippen LogP contribution in [0, 0.1) is 25.2 Å². The first-order valence-electron chi connectivity index (χ1n) is 11.2. The van der Waals surface area contributed by atoms with Crippen molar-refractivity contribution < 1.29 is 14.6 Å². The van der Waals surface area contributed by atoms with Gasteiger partial charge >= 0.3 is 0 Å². The van der Waals surface area contributed by atoms with E-state index in [1.54, 1.807) is 0 Å². The summed E-state index contributed by atoms with van der Waals surface area (Å²) in [6.45, 7) is 13.6. The monoisotopic (exact) mass is 416 g/mol. The molecule has 2 N–H and O–H groups in total. The number of aliphatic hydroxyl groups is 2. The summed E-state index contributed by atoms with van der Waals surface area (Å²) in [6, 6.07) is 2.34. The molecule has 0 aliphatic heterocycles. The fraction of sp³-hybridized carbons (Fsp3) is 0.680. The molecule has 1 aromatic rings. The molecule has 162 valence electrons. The second-order valence-electron chi connectivity index (χ2n) is 10.7. The molecule has 0 saturated heterocycles. The average Bonchev–Trinajstić information content (AvgIpc) is 2.88. The zero-order valence-electron chi connectivity index (χ0n) is 19.4. The fourth-order valence-corrected chi connectivity index (χ4v) is 7.15. The van der Waals surface area contributed by atoms with E-state index in [4.69, 9.17) is 4.43 Å². The summed E-state index contributed by atoms with van der Waals surface area (Å²) in [4.78, 5) is 0. The van der Waals surface area contributed by atoms with E-state index in [0.29, 0.717) is 22.3 Å². The van der Waals surface area contributed by atoms with Crippen molar-refractivity contribution in [3.8, 4) is 5.75 Å². The van der Waals surface area contributed by atoms with Crippen LogP contribution in [0.25, 0.3) is 0 Å². The quantitative estimate of drug-likeness (QED) is 0.571. The standard InChI is InChI=1S/C25H40O3Si/c1-16-14-20(22(28-29)17(2)21(16)23(3,4)5)18-9-11-24(6)19(8-7-13-26)10-12-25(24,27)15-18/h7-8,14,18-19,26-27H,9-13,15H2,1-6,29H3/t18-,19-,24+,25-/m0/s1. The van der Waals surface area contributed by atoms with Crippen molar-refractivity contribution in [1.82, 2.24) is 0 Å². The van der Waals surface area contributed by atoms with Gasteiger partial charge in [-0.3, -0.25) is 0 Å². The molecule has 2 aliphatic rings. The van der Waals surface area contributed by atoms with Crippen molar-refractivity contribution in [1.29, 1.82) is 0 Å². The SMILES string of the molecule is Cc1cc([C@H]2CC[C@]3(C)[C@@H](C=CCO)CC[C@]3(O)C2)c(O[SiH3])c(C)c1C(C)(C)C. The van der Waals surface area contributed by atoms with E-state index in [0.717, 1.165) is 37.9 Å². The van der Waals surface area contributed by atoms with Gasteiger partial charge in [0.1, 0.15) is 5.75 Å². The lowest BCUT2D eigenvalue weighted by Crippen LogP contribution is -2.49. The molecule has 29 heavy (non-hydrogen) atoms. The largest absolute Gasteiger partial charge is 0.553 e. The van der Waals surface area contributed by atoms with Crippen molar-refractivity contribution in [3.05, 3.63) is 40.5 Å². The van der Waals surface area contributed by atoms with Crippen LogP contribution >= 0.6 is 0 Å². The molecule has 1 aromatic carbocycles. The molecule has 0 unspecified atom stereocenters. The van der Waals surface area contributed by atoms with Gasteiger partial charge in [0.15, 0.2) is 0 Å². The predicted octanol–water partition coefficient (Wildman–Crippen LogP) is 4.22. The lowest BCUT2D eigenvalue weighted by Gasteiger charge is -2.49. The molecule has 2 fully saturated rings. The van der Waals surface area contributed by atoms with Crippen LogP contribution in [0.15, 0.2) is 18.2 Å². The molecule has 0 radical (unpaired) electrons. The summed E-state index contributed by atoms with van der Waals surface area (Å²) >= 11 is 0. The molecular formula is C25H40O3Si. The molecule has 0 bridgehead atoms. The van der Waals surface area contributed by atoms with Gasteiger partial charge in [0, 0.05) is 5.41 Å². The number of rotatable bonds is 4. The van der Waals surface area contributed by atoms with Crippen LogP contribution < -0.4 is 4.43 Å². The Morgan fingerprint density at radius 3 is 2.52 bits per heavy atom. The molecule has 0 amide bonds. The van der Waals surface area contributed by atoms with E-state index in [2.05, 4.69) is 53.7 Å². The Morgan fingerprint density at radius 1 is 1.24 bits per heavy atom. The minimum atomic E-state index is -0.646. The first kappa shape index (κ1) is 22.6. The molecule has 0 aromatic heterocycles. The summed E-state index contributed by atoms with van der Waals surface area (Å²) in [5.74, 6) is 1.75. The van der Waals surface area contributed by atoms with Gasteiger partial charge in [-0.15, -0.1) is 0 Å². The number of benzene rings is 1. The van der Waals surface area contributed by atoms with Gasteiger partial charge in [0.25, 0.3) is 0 Å². The Balaban J connectivity index is 1.98. The van der Waals surface area contributed by atoms with Gasteiger partial charge in [-0.25, -0.2) is 0 Å². The molecular weight excluding hydrogens is 376 g/mol. The van der Waals surface area contributed by atoms with Crippen LogP contribution in [0.1, 0.15) is 88.0 Å². The molecule has 4 atom stereocenters. The van der Waals surface area contributed by atoms with Gasteiger partial charge in [0.05, 0.1) is 12.2 Å². The maximum Gasteiger partial charge on any atom is 0.204 e. The molecule has 3 nitrogen and oxygen atoms in total. The second kappa shape index (κ2) is 7.86. The minimum Gasteiger partial charge on any atom is -0.553 e. The normalized spacial score (nSPS) is 32.7. The first-order chi connectivity index (χ1) is 13.5. The Kier molecular flexibility index (Phi) is 6.12. The first-order valence-corrected chi connectivity index (χ1v) is 12.0. The third kappa shape index (κ3) is 3.73. The van der Waals surface area contributed by atoms with Crippen molar-refractivity contribution >= 4 is 10.5 Å². The number of aryl methyl sites for hydroxylation is 1. The van der Waals surface area contributed by atoms with Crippen molar-refractivity contribution in [2.75, 3.05) is 6.61 Å². The lowest BCUT2D eigenvalue weighted by atomic mass is 9.59. The summed E-state index contributed by atoms with van der Waals surface area (Å²) < 4.78 is 6.08. The number of allylic oxidation sites excluding steroid dienone is 1. The van der Waals surface area contributed by atoms with E-state index in [1.165, 1.54) is 22.3 Å². The summed E-state index contributed by atoms with van der Waals surface area (Å²) in [6.07, 6.45) is 8.72. The lowest BCUT2D eigenvalue weighted by molar-refractivity contribution is -0.0985. The van der Waals surface area contributed by atoms with Gasteiger partial charge in [-0.1, -0.05) is 45.9 Å². The van der Waals surface area contributed by atoms with Gasteiger partial charge < -0.3 is 14.6 Å². The Morgan fingerprint density at radius 2 is 1.93 bits per heavy atom. The molecule has 3 rings (SSSR count). The molecule has 2 saturated carbocycles. The van der Waals surface area contributed by atoms with Crippen molar-refractivity contribution in [2.24, 2.45) is 11.3 Å². The van der Waals surface area contributed by atoms with Crippen LogP contribution in [-0.2, 0) is 5.41 Å². The Bertz CT molecular complexity index is 794.